The van der Waals surface area contributed by atoms with Crippen LogP contribution in [0.1, 0.15) is 5.56 Å². The normalized spacial score (nSPS) is 11.7. The van der Waals surface area contributed by atoms with Crippen LogP contribution >= 0.6 is 0 Å². The van der Waals surface area contributed by atoms with Crippen molar-refractivity contribution < 1.29 is 14.7 Å². The fourth-order valence-corrected chi connectivity index (χ4v) is 1.01. The average Bonchev–Trinajstić information content (AvgIpc) is 2.31. The van der Waals surface area contributed by atoms with E-state index >= 15 is 0 Å². The zero-order chi connectivity index (χ0) is 11.1. The van der Waals surface area contributed by atoms with Gasteiger partial charge in [0, 0.05) is 11.6 Å². The highest BCUT2D eigenvalue weighted by atomic mass is 16.5. The number of allylic oxidation sites excluding steroid dienone is 1. The average molecular weight is 205 g/mol. The van der Waals surface area contributed by atoms with Gasteiger partial charge >= 0.3 is 5.97 Å². The molecule has 0 bridgehead atoms. The summed E-state index contributed by atoms with van der Waals surface area (Å²) in [5.74, 6) is -0.493. The van der Waals surface area contributed by atoms with Crippen molar-refractivity contribution in [3.63, 3.8) is 0 Å². The van der Waals surface area contributed by atoms with Gasteiger partial charge in [0.1, 0.15) is 5.71 Å². The number of carbonyl (C=O) groups excluding carboxylic acids is 1. The Morgan fingerprint density at radius 2 is 2.00 bits per heavy atom. The highest BCUT2D eigenvalue weighted by molar-refractivity contribution is 6.10. The first-order valence-electron chi connectivity index (χ1n) is 4.31. The molecule has 1 rings (SSSR count). The van der Waals surface area contributed by atoms with E-state index in [1.54, 1.807) is 12.1 Å². The summed E-state index contributed by atoms with van der Waals surface area (Å²) in [5, 5.41) is 11.8. The lowest BCUT2D eigenvalue weighted by Gasteiger charge is -1.97. The largest absolute Gasteiger partial charge is 0.466 e. The van der Waals surface area contributed by atoms with E-state index in [4.69, 9.17) is 5.21 Å². The Balaban J connectivity index is 2.84. The van der Waals surface area contributed by atoms with Crippen LogP contribution in [0.5, 0.6) is 0 Å². The van der Waals surface area contributed by atoms with Gasteiger partial charge in [-0.3, -0.25) is 0 Å². The Morgan fingerprint density at radius 1 is 1.33 bits per heavy atom. The van der Waals surface area contributed by atoms with Crippen LogP contribution in [0.4, 0.5) is 0 Å². The summed E-state index contributed by atoms with van der Waals surface area (Å²) >= 11 is 0. The van der Waals surface area contributed by atoms with Gasteiger partial charge in [-0.1, -0.05) is 35.5 Å². The van der Waals surface area contributed by atoms with E-state index in [9.17, 15) is 4.79 Å². The number of esters is 1. The van der Waals surface area contributed by atoms with Gasteiger partial charge < -0.3 is 9.94 Å². The summed E-state index contributed by atoms with van der Waals surface area (Å²) in [6, 6.07) is 9.02. The number of carbonyl (C=O) groups is 1. The monoisotopic (exact) mass is 205 g/mol. The molecule has 15 heavy (non-hydrogen) atoms. The molecule has 0 saturated heterocycles. The second-order valence-corrected chi connectivity index (χ2v) is 2.71. The third kappa shape index (κ3) is 3.27. The first kappa shape index (κ1) is 11.0. The van der Waals surface area contributed by atoms with E-state index in [0.29, 0.717) is 5.71 Å². The Kier molecular flexibility index (Phi) is 4.09. The maximum Gasteiger partial charge on any atom is 0.330 e. The molecular formula is C11H11NO3. The van der Waals surface area contributed by atoms with E-state index in [1.165, 1.54) is 19.3 Å². The maximum atomic E-state index is 10.8. The molecule has 0 aliphatic heterocycles. The van der Waals surface area contributed by atoms with Crippen LogP contribution in [-0.2, 0) is 9.53 Å². The van der Waals surface area contributed by atoms with Crippen LogP contribution in [0, 0.1) is 0 Å². The maximum absolute atomic E-state index is 10.8. The molecule has 0 radical (unpaired) electrons. The molecule has 0 amide bonds. The Labute approximate surface area is 87.5 Å². The summed E-state index contributed by atoms with van der Waals surface area (Å²) in [7, 11) is 1.28. The highest BCUT2D eigenvalue weighted by Gasteiger charge is 2.00. The number of ether oxygens (including phenoxy) is 1. The number of nitrogens with zero attached hydrogens (tertiary/aromatic N) is 1. The molecule has 0 aliphatic carbocycles. The summed E-state index contributed by atoms with van der Waals surface area (Å²) in [5.41, 5.74) is 1.03. The van der Waals surface area contributed by atoms with E-state index in [1.807, 2.05) is 18.2 Å². The Morgan fingerprint density at radius 3 is 2.53 bits per heavy atom. The van der Waals surface area contributed by atoms with Crippen molar-refractivity contribution in [2.75, 3.05) is 7.11 Å². The van der Waals surface area contributed by atoms with Crippen LogP contribution < -0.4 is 0 Å². The number of rotatable bonds is 3. The van der Waals surface area contributed by atoms with Crippen molar-refractivity contribution in [3.8, 4) is 0 Å². The van der Waals surface area contributed by atoms with Gasteiger partial charge in [0.2, 0.25) is 0 Å². The topological polar surface area (TPSA) is 58.9 Å². The number of oxime groups is 1. The molecule has 0 aliphatic rings. The predicted molar refractivity (Wildman–Crippen MR) is 55.9 cm³/mol. The molecule has 0 fully saturated rings. The van der Waals surface area contributed by atoms with E-state index in [2.05, 4.69) is 9.89 Å². The van der Waals surface area contributed by atoms with E-state index in [0.717, 1.165) is 5.56 Å². The Bertz CT molecular complexity index is 382. The molecule has 0 heterocycles. The lowest BCUT2D eigenvalue weighted by atomic mass is 10.1. The Hall–Kier alpha value is -2.10. The van der Waals surface area contributed by atoms with Crippen LogP contribution in [0.2, 0.25) is 0 Å². The fraction of sp³-hybridized carbons (Fsp3) is 0.0909. The minimum Gasteiger partial charge on any atom is -0.466 e. The zero-order valence-corrected chi connectivity index (χ0v) is 8.25. The van der Waals surface area contributed by atoms with Crippen LogP contribution in [0.3, 0.4) is 0 Å². The van der Waals surface area contributed by atoms with Gasteiger partial charge in [-0.2, -0.15) is 0 Å². The molecule has 78 valence electrons. The minimum atomic E-state index is -0.493. The number of benzene rings is 1. The highest BCUT2D eigenvalue weighted by Crippen LogP contribution is 2.02. The smallest absolute Gasteiger partial charge is 0.330 e. The van der Waals surface area contributed by atoms with Crippen LogP contribution in [-0.4, -0.2) is 24.0 Å². The second kappa shape index (κ2) is 5.59. The molecule has 0 unspecified atom stereocenters. The van der Waals surface area contributed by atoms with Crippen molar-refractivity contribution in [2.45, 2.75) is 0 Å². The lowest BCUT2D eigenvalue weighted by molar-refractivity contribution is -0.134. The summed E-state index contributed by atoms with van der Waals surface area (Å²) < 4.78 is 4.42. The van der Waals surface area contributed by atoms with E-state index < -0.39 is 5.97 Å². The molecule has 0 atom stereocenters. The first-order valence-corrected chi connectivity index (χ1v) is 4.31. The summed E-state index contributed by atoms with van der Waals surface area (Å²) in [6.45, 7) is 0. The molecule has 1 N–H and O–H groups in total. The molecule has 0 aromatic heterocycles. The number of hydrogen-bond acceptors (Lipinski definition) is 4. The third-order valence-electron chi connectivity index (χ3n) is 1.76. The van der Waals surface area contributed by atoms with Crippen molar-refractivity contribution in [1.29, 1.82) is 0 Å². The first-order chi connectivity index (χ1) is 7.27. The SMILES string of the molecule is COC(=O)/C=C/C(=NO)c1ccccc1. The van der Waals surface area contributed by atoms with Gasteiger partial charge in [0.25, 0.3) is 0 Å². The molecule has 1 aromatic carbocycles. The summed E-state index contributed by atoms with van der Waals surface area (Å²) in [4.78, 5) is 10.8. The second-order valence-electron chi connectivity index (χ2n) is 2.71. The molecular weight excluding hydrogens is 194 g/mol. The standard InChI is InChI=1S/C11H11NO3/c1-15-11(13)8-7-10(12-14)9-5-3-2-4-6-9/h2-8,14H,1H3/b8-7+,12-10?. The molecule has 1 aromatic rings. The predicted octanol–water partition coefficient (Wildman–Crippen LogP) is 1.59. The van der Waals surface area contributed by atoms with E-state index in [-0.39, 0.29) is 0 Å². The van der Waals surface area contributed by atoms with Gasteiger partial charge in [0.05, 0.1) is 7.11 Å². The molecule has 4 nitrogen and oxygen atoms in total. The van der Waals surface area contributed by atoms with Crippen LogP contribution in [0.15, 0.2) is 47.6 Å². The van der Waals surface area contributed by atoms with Gasteiger partial charge in [-0.05, 0) is 6.08 Å². The molecule has 0 saturated carbocycles. The molecule has 0 spiro atoms. The lowest BCUT2D eigenvalue weighted by Crippen LogP contribution is -2.00. The van der Waals surface area contributed by atoms with Gasteiger partial charge in [-0.25, -0.2) is 4.79 Å². The number of methoxy groups -OCH3 is 1. The fourth-order valence-electron chi connectivity index (χ4n) is 1.01. The number of hydrogen-bond donors (Lipinski definition) is 1. The quantitative estimate of drug-likeness (QED) is 0.268. The van der Waals surface area contributed by atoms with Crippen molar-refractivity contribution >= 4 is 11.7 Å². The minimum absolute atomic E-state index is 0.306. The molecule has 4 heteroatoms. The van der Waals surface area contributed by atoms with Crippen LogP contribution in [0.25, 0.3) is 0 Å². The van der Waals surface area contributed by atoms with Gasteiger partial charge in [-0.15, -0.1) is 0 Å². The summed E-state index contributed by atoms with van der Waals surface area (Å²) in [6.07, 6.45) is 2.59. The zero-order valence-electron chi connectivity index (χ0n) is 8.25. The van der Waals surface area contributed by atoms with Crippen molar-refractivity contribution in [3.05, 3.63) is 48.0 Å². The van der Waals surface area contributed by atoms with Crippen molar-refractivity contribution in [1.82, 2.24) is 0 Å². The van der Waals surface area contributed by atoms with Gasteiger partial charge in [0.15, 0.2) is 0 Å². The van der Waals surface area contributed by atoms with Crippen molar-refractivity contribution in [2.24, 2.45) is 5.16 Å². The third-order valence-corrected chi connectivity index (χ3v) is 1.76.